The number of hydrogen-bond acceptors (Lipinski definition) is 5. The van der Waals surface area contributed by atoms with Crippen molar-refractivity contribution in [2.75, 3.05) is 32.8 Å². The number of morpholine rings is 1. The third kappa shape index (κ3) is 4.36. The van der Waals surface area contributed by atoms with Gasteiger partial charge in [0.15, 0.2) is 0 Å². The number of aryl methyl sites for hydroxylation is 2. The van der Waals surface area contributed by atoms with Gasteiger partial charge in [-0.05, 0) is 49.8 Å². The van der Waals surface area contributed by atoms with Gasteiger partial charge in [0.05, 0.1) is 29.1 Å². The van der Waals surface area contributed by atoms with Crippen molar-refractivity contribution >= 4 is 27.0 Å². The zero-order chi connectivity index (χ0) is 21.6. The molecule has 31 heavy (non-hydrogen) atoms. The summed E-state index contributed by atoms with van der Waals surface area (Å²) in [4.78, 5) is 19.9. The van der Waals surface area contributed by atoms with E-state index in [4.69, 9.17) is 4.74 Å². The molecule has 1 aliphatic heterocycles. The molecule has 3 fully saturated rings. The zero-order valence-corrected chi connectivity index (χ0v) is 18.8. The molecule has 2 heterocycles. The minimum Gasteiger partial charge on any atom is -0.379 e. The highest BCUT2D eigenvalue weighted by Gasteiger charge is 2.36. The minimum atomic E-state index is -3.56. The predicted octanol–water partition coefficient (Wildman–Crippen LogP) is 1.93. The van der Waals surface area contributed by atoms with Crippen LogP contribution in [0.4, 0.5) is 0 Å². The summed E-state index contributed by atoms with van der Waals surface area (Å²) in [6, 6.07) is 5.55. The summed E-state index contributed by atoms with van der Waals surface area (Å²) in [7, 11) is -1.63. The van der Waals surface area contributed by atoms with Crippen LogP contribution in [0.15, 0.2) is 23.1 Å². The molecule has 1 aromatic heterocycles. The van der Waals surface area contributed by atoms with Crippen LogP contribution in [0.2, 0.25) is 0 Å². The van der Waals surface area contributed by atoms with Crippen LogP contribution < -0.4 is 0 Å². The molecule has 2 saturated carbocycles. The molecule has 2 aliphatic carbocycles. The van der Waals surface area contributed by atoms with Crippen LogP contribution in [-0.4, -0.2) is 72.0 Å². The molecule has 0 atom stereocenters. The van der Waals surface area contributed by atoms with Crippen molar-refractivity contribution in [3.63, 3.8) is 0 Å². The van der Waals surface area contributed by atoms with Crippen LogP contribution >= 0.6 is 0 Å². The number of nitrogens with zero attached hydrogens (tertiary/aromatic N) is 4. The van der Waals surface area contributed by atoms with E-state index >= 15 is 0 Å². The number of imidazole rings is 1. The molecular weight excluding hydrogens is 416 g/mol. The maximum absolute atomic E-state index is 13.0. The van der Waals surface area contributed by atoms with E-state index in [0.29, 0.717) is 56.6 Å². The fourth-order valence-electron chi connectivity index (χ4n) is 4.33. The Balaban J connectivity index is 1.31. The van der Waals surface area contributed by atoms with Crippen molar-refractivity contribution in [2.45, 2.75) is 49.5 Å². The van der Waals surface area contributed by atoms with E-state index in [1.807, 2.05) is 17.7 Å². The van der Waals surface area contributed by atoms with Gasteiger partial charge in [0.1, 0.15) is 5.82 Å². The molecule has 3 aliphatic rings. The van der Waals surface area contributed by atoms with Gasteiger partial charge in [0.2, 0.25) is 15.9 Å². The molecule has 0 N–H and O–H groups in total. The molecule has 2 aromatic rings. The average molecular weight is 447 g/mol. The molecule has 9 heteroatoms. The van der Waals surface area contributed by atoms with Crippen LogP contribution in [0.5, 0.6) is 0 Å². The van der Waals surface area contributed by atoms with Gasteiger partial charge in [-0.1, -0.05) is 0 Å². The number of amides is 1. The number of hydrogen-bond donors (Lipinski definition) is 0. The summed E-state index contributed by atoms with van der Waals surface area (Å²) >= 11 is 0. The summed E-state index contributed by atoms with van der Waals surface area (Å²) in [5, 5.41) is 0. The standard InChI is InChI=1S/C22H30N4O4S/c1-24-20-7-6-18(31(28,29)25-10-12-30-13-11-25)14-19(20)23-21(24)8-9-22(27)26(17-4-5-17)15-16-2-3-16/h6-7,14,16-17H,2-5,8-13,15H2,1H3. The largest absolute Gasteiger partial charge is 0.379 e. The molecule has 1 saturated heterocycles. The monoisotopic (exact) mass is 446 g/mol. The third-order valence-corrected chi connectivity index (χ3v) is 8.47. The fourth-order valence-corrected chi connectivity index (χ4v) is 5.76. The highest BCUT2D eigenvalue weighted by atomic mass is 32.2. The Kier molecular flexibility index (Phi) is 5.52. The van der Waals surface area contributed by atoms with E-state index in [1.165, 1.54) is 17.1 Å². The number of carbonyl (C=O) groups is 1. The lowest BCUT2D eigenvalue weighted by Gasteiger charge is -2.26. The van der Waals surface area contributed by atoms with E-state index in [-0.39, 0.29) is 10.8 Å². The van der Waals surface area contributed by atoms with Crippen LogP contribution in [0, 0.1) is 5.92 Å². The first kappa shape index (κ1) is 20.9. The predicted molar refractivity (Wildman–Crippen MR) is 116 cm³/mol. The summed E-state index contributed by atoms with van der Waals surface area (Å²) in [5.41, 5.74) is 1.52. The normalized spacial score (nSPS) is 20.3. The summed E-state index contributed by atoms with van der Waals surface area (Å²) in [6.45, 7) is 2.49. The summed E-state index contributed by atoms with van der Waals surface area (Å²) in [5.74, 6) is 1.73. The topological polar surface area (TPSA) is 84.7 Å². The number of carbonyl (C=O) groups excluding carboxylic acids is 1. The molecule has 8 nitrogen and oxygen atoms in total. The van der Waals surface area contributed by atoms with Gasteiger partial charge >= 0.3 is 0 Å². The second-order valence-electron chi connectivity index (χ2n) is 8.97. The van der Waals surface area contributed by atoms with Gasteiger partial charge in [-0.2, -0.15) is 4.31 Å². The maximum Gasteiger partial charge on any atom is 0.243 e. The Morgan fingerprint density at radius 3 is 2.61 bits per heavy atom. The SMILES string of the molecule is Cn1c(CCC(=O)N(CC2CC2)C2CC2)nc2cc(S(=O)(=O)N3CCOCC3)ccc21. The van der Waals surface area contributed by atoms with Crippen molar-refractivity contribution in [3.8, 4) is 0 Å². The third-order valence-electron chi connectivity index (χ3n) is 6.58. The number of ether oxygens (including phenoxy) is 1. The molecule has 0 bridgehead atoms. The lowest BCUT2D eigenvalue weighted by Crippen LogP contribution is -2.40. The average Bonchev–Trinajstić information content (AvgIpc) is 3.70. The molecule has 168 valence electrons. The summed E-state index contributed by atoms with van der Waals surface area (Å²) in [6.07, 6.45) is 5.76. The van der Waals surface area contributed by atoms with Gasteiger partial charge in [-0.15, -0.1) is 0 Å². The first-order chi connectivity index (χ1) is 14.9. The molecule has 0 spiro atoms. The first-order valence-electron chi connectivity index (χ1n) is 11.3. The Bertz CT molecular complexity index is 1080. The first-order valence-corrected chi connectivity index (χ1v) is 12.7. The summed E-state index contributed by atoms with van der Waals surface area (Å²) < 4.78 is 34.6. The van der Waals surface area contributed by atoms with Gasteiger partial charge < -0.3 is 14.2 Å². The van der Waals surface area contributed by atoms with Crippen LogP contribution in [0.1, 0.15) is 37.9 Å². The smallest absolute Gasteiger partial charge is 0.243 e. The maximum atomic E-state index is 13.0. The fraction of sp³-hybridized carbons (Fsp3) is 0.636. The highest BCUT2D eigenvalue weighted by molar-refractivity contribution is 7.89. The van der Waals surface area contributed by atoms with Gasteiger partial charge in [0, 0.05) is 45.6 Å². The number of aromatic nitrogens is 2. The van der Waals surface area contributed by atoms with Gasteiger partial charge in [-0.25, -0.2) is 13.4 Å². The molecule has 0 radical (unpaired) electrons. The molecular formula is C22H30N4O4S. The van der Waals surface area contributed by atoms with Crippen molar-refractivity contribution in [2.24, 2.45) is 13.0 Å². The Morgan fingerprint density at radius 2 is 1.94 bits per heavy atom. The quantitative estimate of drug-likeness (QED) is 0.619. The number of benzene rings is 1. The van der Waals surface area contributed by atoms with Crippen molar-refractivity contribution in [1.82, 2.24) is 18.8 Å². The van der Waals surface area contributed by atoms with Crippen molar-refractivity contribution in [3.05, 3.63) is 24.0 Å². The van der Waals surface area contributed by atoms with Crippen molar-refractivity contribution < 1.29 is 17.9 Å². The second-order valence-corrected chi connectivity index (χ2v) is 10.9. The van der Waals surface area contributed by atoms with Gasteiger partial charge in [0.25, 0.3) is 0 Å². The highest BCUT2D eigenvalue weighted by Crippen LogP contribution is 2.35. The van der Waals surface area contributed by atoms with Crippen molar-refractivity contribution in [1.29, 1.82) is 0 Å². The Labute approximate surface area is 183 Å². The minimum absolute atomic E-state index is 0.219. The van der Waals surface area contributed by atoms with E-state index in [9.17, 15) is 13.2 Å². The molecule has 0 unspecified atom stereocenters. The van der Waals surface area contributed by atoms with E-state index in [1.54, 1.807) is 12.1 Å². The second kappa shape index (κ2) is 8.18. The van der Waals surface area contributed by atoms with E-state index < -0.39 is 10.0 Å². The van der Waals surface area contributed by atoms with E-state index in [2.05, 4.69) is 9.88 Å². The molecule has 1 aromatic carbocycles. The van der Waals surface area contributed by atoms with Gasteiger partial charge in [-0.3, -0.25) is 4.79 Å². The molecule has 5 rings (SSSR count). The van der Waals surface area contributed by atoms with Crippen LogP contribution in [0.25, 0.3) is 11.0 Å². The zero-order valence-electron chi connectivity index (χ0n) is 18.0. The number of fused-ring (bicyclic) bond motifs is 1. The van der Waals surface area contributed by atoms with Crippen LogP contribution in [-0.2, 0) is 33.0 Å². The Morgan fingerprint density at radius 1 is 1.19 bits per heavy atom. The van der Waals surface area contributed by atoms with Crippen LogP contribution in [0.3, 0.4) is 0 Å². The van der Waals surface area contributed by atoms with E-state index in [0.717, 1.165) is 30.7 Å². The number of sulfonamides is 1. The Hall–Kier alpha value is -1.97. The lowest BCUT2D eigenvalue weighted by atomic mass is 10.2. The lowest BCUT2D eigenvalue weighted by molar-refractivity contribution is -0.132. The molecule has 1 amide bonds. The number of rotatable bonds is 8.